The van der Waals surface area contributed by atoms with Crippen molar-refractivity contribution in [3.8, 4) is 11.8 Å². The van der Waals surface area contributed by atoms with Gasteiger partial charge in [0.25, 0.3) is 0 Å². The van der Waals surface area contributed by atoms with E-state index in [1.807, 2.05) is 24.3 Å². The highest BCUT2D eigenvalue weighted by atomic mass is 16.5. The molecule has 0 spiro atoms. The molecule has 0 amide bonds. The number of hydrogen-bond acceptors (Lipinski definition) is 4. The second kappa shape index (κ2) is 4.03. The molecule has 2 aromatic rings. The van der Waals surface area contributed by atoms with Gasteiger partial charge in [0.2, 0.25) is 5.76 Å². The van der Waals surface area contributed by atoms with E-state index in [1.54, 1.807) is 6.07 Å². The fourth-order valence-electron chi connectivity index (χ4n) is 1.39. The second-order valence-corrected chi connectivity index (χ2v) is 2.94. The zero-order valence-electron chi connectivity index (χ0n) is 7.93. The standard InChI is InChI=1S/C11H9NO3/c12-7-10-11(14-6-5-13)8-3-1-2-4-9(8)15-10/h1-4,13H,5-6H2. The van der Waals surface area contributed by atoms with E-state index in [9.17, 15) is 0 Å². The summed E-state index contributed by atoms with van der Waals surface area (Å²) in [5.74, 6) is 0.548. The van der Waals surface area contributed by atoms with Crippen LogP contribution in [0.3, 0.4) is 0 Å². The van der Waals surface area contributed by atoms with Crippen molar-refractivity contribution in [1.82, 2.24) is 0 Å². The average Bonchev–Trinajstić information content (AvgIpc) is 2.64. The number of para-hydroxylation sites is 1. The van der Waals surface area contributed by atoms with Crippen molar-refractivity contribution in [2.75, 3.05) is 13.2 Å². The number of furan rings is 1. The largest absolute Gasteiger partial charge is 0.486 e. The number of rotatable bonds is 3. The fourth-order valence-corrected chi connectivity index (χ4v) is 1.39. The Morgan fingerprint density at radius 2 is 2.20 bits per heavy atom. The molecule has 1 heterocycles. The van der Waals surface area contributed by atoms with Crippen LogP contribution in [0.1, 0.15) is 5.76 Å². The third-order valence-electron chi connectivity index (χ3n) is 1.99. The number of nitriles is 1. The van der Waals surface area contributed by atoms with Crippen molar-refractivity contribution in [2.45, 2.75) is 0 Å². The first kappa shape index (κ1) is 9.56. The SMILES string of the molecule is N#Cc1oc2ccccc2c1OCCO. The van der Waals surface area contributed by atoms with Crippen LogP contribution in [-0.4, -0.2) is 18.3 Å². The summed E-state index contributed by atoms with van der Waals surface area (Å²) >= 11 is 0. The fraction of sp³-hybridized carbons (Fsp3) is 0.182. The summed E-state index contributed by atoms with van der Waals surface area (Å²) in [5, 5.41) is 18.2. The third kappa shape index (κ3) is 1.65. The zero-order valence-corrected chi connectivity index (χ0v) is 7.93. The van der Waals surface area contributed by atoms with Gasteiger partial charge in [-0.05, 0) is 12.1 Å². The van der Waals surface area contributed by atoms with Crippen molar-refractivity contribution in [1.29, 1.82) is 5.26 Å². The Bertz CT molecular complexity index is 510. The highest BCUT2D eigenvalue weighted by Gasteiger charge is 2.14. The highest BCUT2D eigenvalue weighted by molar-refractivity contribution is 5.86. The maximum absolute atomic E-state index is 8.83. The molecule has 76 valence electrons. The molecule has 4 heteroatoms. The summed E-state index contributed by atoms with van der Waals surface area (Å²) in [6, 6.07) is 9.16. The van der Waals surface area contributed by atoms with Gasteiger partial charge >= 0.3 is 0 Å². The van der Waals surface area contributed by atoms with Crippen LogP contribution in [0.4, 0.5) is 0 Å². The average molecular weight is 203 g/mol. The smallest absolute Gasteiger partial charge is 0.246 e. The first-order valence-corrected chi connectivity index (χ1v) is 4.52. The highest BCUT2D eigenvalue weighted by Crippen LogP contribution is 2.32. The van der Waals surface area contributed by atoms with Crippen LogP contribution in [0.25, 0.3) is 11.0 Å². The number of ether oxygens (including phenoxy) is 1. The number of hydrogen-bond donors (Lipinski definition) is 1. The summed E-state index contributed by atoms with van der Waals surface area (Å²) in [7, 11) is 0. The number of nitrogens with zero attached hydrogens (tertiary/aromatic N) is 1. The van der Waals surface area contributed by atoms with Gasteiger partial charge in [0.15, 0.2) is 5.75 Å². The van der Waals surface area contributed by atoms with E-state index in [0.717, 1.165) is 5.39 Å². The molecule has 1 N–H and O–H groups in total. The number of benzene rings is 1. The van der Waals surface area contributed by atoms with Crippen LogP contribution in [0.5, 0.6) is 5.75 Å². The van der Waals surface area contributed by atoms with Gasteiger partial charge < -0.3 is 14.3 Å². The molecule has 0 radical (unpaired) electrons. The topological polar surface area (TPSA) is 66.4 Å². The molecule has 4 nitrogen and oxygen atoms in total. The molecule has 2 rings (SSSR count). The molecular weight excluding hydrogens is 194 g/mol. The van der Waals surface area contributed by atoms with Crippen molar-refractivity contribution in [3.63, 3.8) is 0 Å². The van der Waals surface area contributed by atoms with Gasteiger partial charge in [-0.15, -0.1) is 0 Å². The van der Waals surface area contributed by atoms with Crippen molar-refractivity contribution in [2.24, 2.45) is 0 Å². The van der Waals surface area contributed by atoms with Gasteiger partial charge in [0.05, 0.1) is 12.0 Å². The molecule has 0 aliphatic rings. The van der Waals surface area contributed by atoms with Crippen LogP contribution in [0, 0.1) is 11.3 Å². The van der Waals surface area contributed by atoms with E-state index in [2.05, 4.69) is 0 Å². The molecule has 0 fully saturated rings. The van der Waals surface area contributed by atoms with Crippen molar-refractivity contribution >= 4 is 11.0 Å². The summed E-state index contributed by atoms with van der Waals surface area (Å²) in [4.78, 5) is 0. The first-order chi connectivity index (χ1) is 7.36. The van der Waals surface area contributed by atoms with Gasteiger partial charge in [-0.3, -0.25) is 0 Å². The molecular formula is C11H9NO3. The lowest BCUT2D eigenvalue weighted by Crippen LogP contribution is -2.01. The van der Waals surface area contributed by atoms with E-state index < -0.39 is 0 Å². The van der Waals surface area contributed by atoms with Crippen molar-refractivity contribution < 1.29 is 14.3 Å². The van der Waals surface area contributed by atoms with Crippen LogP contribution in [0.15, 0.2) is 28.7 Å². The summed E-state index contributed by atoms with van der Waals surface area (Å²) in [6.45, 7) is 0.0581. The minimum atomic E-state index is -0.0929. The van der Waals surface area contributed by atoms with E-state index in [-0.39, 0.29) is 19.0 Å². The Morgan fingerprint density at radius 1 is 1.40 bits per heavy atom. The number of aliphatic hydroxyl groups is 1. The second-order valence-electron chi connectivity index (χ2n) is 2.94. The number of aliphatic hydroxyl groups excluding tert-OH is 1. The molecule has 1 aromatic carbocycles. The lowest BCUT2D eigenvalue weighted by Gasteiger charge is -2.00. The van der Waals surface area contributed by atoms with Crippen LogP contribution in [-0.2, 0) is 0 Å². The molecule has 1 aromatic heterocycles. The zero-order chi connectivity index (χ0) is 10.7. The van der Waals surface area contributed by atoms with Gasteiger partial charge in [-0.2, -0.15) is 5.26 Å². The van der Waals surface area contributed by atoms with E-state index in [1.165, 1.54) is 0 Å². The van der Waals surface area contributed by atoms with Crippen LogP contribution in [0.2, 0.25) is 0 Å². The minimum absolute atomic E-state index is 0.0929. The van der Waals surface area contributed by atoms with Gasteiger partial charge in [-0.25, -0.2) is 0 Å². The summed E-state index contributed by atoms with van der Waals surface area (Å²) in [6.07, 6.45) is 0. The van der Waals surface area contributed by atoms with E-state index >= 15 is 0 Å². The van der Waals surface area contributed by atoms with Crippen LogP contribution >= 0.6 is 0 Å². The maximum atomic E-state index is 8.83. The Labute approximate surface area is 86.3 Å². The van der Waals surface area contributed by atoms with Gasteiger partial charge in [0, 0.05) is 0 Å². The predicted molar refractivity (Wildman–Crippen MR) is 53.5 cm³/mol. The van der Waals surface area contributed by atoms with E-state index in [0.29, 0.717) is 11.3 Å². The monoisotopic (exact) mass is 203 g/mol. The Morgan fingerprint density at radius 3 is 2.93 bits per heavy atom. The Kier molecular flexibility index (Phi) is 2.57. The normalized spacial score (nSPS) is 10.1. The summed E-state index contributed by atoms with van der Waals surface area (Å²) in [5.41, 5.74) is 0.613. The van der Waals surface area contributed by atoms with Crippen molar-refractivity contribution in [3.05, 3.63) is 30.0 Å². The molecule has 0 aliphatic heterocycles. The maximum Gasteiger partial charge on any atom is 0.246 e. The first-order valence-electron chi connectivity index (χ1n) is 4.52. The molecule has 0 atom stereocenters. The molecule has 0 saturated heterocycles. The molecule has 15 heavy (non-hydrogen) atoms. The number of fused-ring (bicyclic) bond motifs is 1. The minimum Gasteiger partial charge on any atom is -0.486 e. The molecule has 0 bridgehead atoms. The van der Waals surface area contributed by atoms with E-state index in [4.69, 9.17) is 19.5 Å². The summed E-state index contributed by atoms with van der Waals surface area (Å²) < 4.78 is 10.5. The molecule has 0 saturated carbocycles. The van der Waals surface area contributed by atoms with Crippen LogP contribution < -0.4 is 4.74 Å². The van der Waals surface area contributed by atoms with Gasteiger partial charge in [-0.1, -0.05) is 12.1 Å². The molecule has 0 unspecified atom stereocenters. The quantitative estimate of drug-likeness (QED) is 0.824. The Balaban J connectivity index is 2.53. The Hall–Kier alpha value is -1.99. The van der Waals surface area contributed by atoms with Gasteiger partial charge in [0.1, 0.15) is 18.3 Å². The lowest BCUT2D eigenvalue weighted by molar-refractivity contribution is 0.201. The predicted octanol–water partition coefficient (Wildman–Crippen LogP) is 1.68. The molecule has 0 aliphatic carbocycles. The lowest BCUT2D eigenvalue weighted by atomic mass is 10.2. The third-order valence-corrected chi connectivity index (χ3v) is 1.99.